The second kappa shape index (κ2) is 5.10. The van der Waals surface area contributed by atoms with Crippen molar-refractivity contribution in [3.05, 3.63) is 53.5 Å². The molecule has 0 bridgehead atoms. The molecule has 0 fully saturated rings. The number of fused-ring (bicyclic) bond motifs is 1. The molecule has 0 spiro atoms. The molecule has 4 heteroatoms. The number of carbonyl (C=O) groups excluding carboxylic acids is 1. The molecule has 3 rings (SSSR count). The van der Waals surface area contributed by atoms with Gasteiger partial charge in [0.15, 0.2) is 0 Å². The maximum atomic E-state index is 11.5. The quantitative estimate of drug-likeness (QED) is 0.845. The van der Waals surface area contributed by atoms with Crippen LogP contribution in [0.3, 0.4) is 0 Å². The number of amides is 1. The Morgan fingerprint density at radius 3 is 2.95 bits per heavy atom. The highest BCUT2D eigenvalue weighted by Crippen LogP contribution is 2.32. The van der Waals surface area contributed by atoms with Crippen LogP contribution in [0, 0.1) is 0 Å². The van der Waals surface area contributed by atoms with E-state index < -0.39 is 0 Å². The van der Waals surface area contributed by atoms with Gasteiger partial charge in [-0.15, -0.1) is 11.6 Å². The fourth-order valence-electron chi connectivity index (χ4n) is 2.35. The molecule has 1 unspecified atom stereocenters. The van der Waals surface area contributed by atoms with Crippen molar-refractivity contribution in [2.24, 2.45) is 0 Å². The molecular formula is C15H14ClNO2. The van der Waals surface area contributed by atoms with Crippen LogP contribution in [0.5, 0.6) is 0 Å². The third kappa shape index (κ3) is 2.51. The molecular weight excluding hydrogens is 262 g/mol. The highest BCUT2D eigenvalue weighted by molar-refractivity contribution is 6.22. The molecule has 2 aromatic rings. The number of rotatable bonds is 2. The van der Waals surface area contributed by atoms with Crippen molar-refractivity contribution >= 4 is 23.2 Å². The molecule has 0 saturated carbocycles. The third-order valence-electron chi connectivity index (χ3n) is 3.34. The zero-order valence-corrected chi connectivity index (χ0v) is 11.1. The van der Waals surface area contributed by atoms with Crippen LogP contribution in [0.1, 0.15) is 35.1 Å². The Kier molecular flexibility index (Phi) is 3.30. The van der Waals surface area contributed by atoms with Crippen LogP contribution in [0.4, 0.5) is 5.69 Å². The van der Waals surface area contributed by atoms with Crippen molar-refractivity contribution in [2.45, 2.75) is 24.6 Å². The molecule has 1 aliphatic heterocycles. The summed E-state index contributed by atoms with van der Waals surface area (Å²) < 4.78 is 5.33. The van der Waals surface area contributed by atoms with Crippen molar-refractivity contribution in [1.82, 2.24) is 0 Å². The highest BCUT2D eigenvalue weighted by atomic mass is 35.5. The normalized spacial score (nSPS) is 16.4. The number of nitrogens with one attached hydrogen (secondary N) is 1. The number of aryl methyl sites for hydroxylation is 1. The molecule has 3 nitrogen and oxygen atoms in total. The van der Waals surface area contributed by atoms with Gasteiger partial charge in [0.25, 0.3) is 0 Å². The number of benzene rings is 1. The van der Waals surface area contributed by atoms with E-state index in [0.29, 0.717) is 6.42 Å². The summed E-state index contributed by atoms with van der Waals surface area (Å²) in [5, 5.41) is 2.63. The lowest BCUT2D eigenvalue weighted by molar-refractivity contribution is -0.116. The number of alkyl halides is 1. The molecule has 19 heavy (non-hydrogen) atoms. The number of hydrogen-bond donors (Lipinski definition) is 1. The van der Waals surface area contributed by atoms with Crippen molar-refractivity contribution in [2.75, 3.05) is 5.32 Å². The van der Waals surface area contributed by atoms with Crippen LogP contribution in [-0.2, 0) is 11.2 Å². The zero-order chi connectivity index (χ0) is 13.2. The lowest BCUT2D eigenvalue weighted by atomic mass is 10.0. The average Bonchev–Trinajstić information content (AvgIpc) is 2.87. The smallest absolute Gasteiger partial charge is 0.224 e. The summed E-state index contributed by atoms with van der Waals surface area (Å²) in [5.41, 5.74) is 3.03. The van der Waals surface area contributed by atoms with Crippen molar-refractivity contribution in [1.29, 1.82) is 0 Å². The average molecular weight is 276 g/mol. The van der Waals surface area contributed by atoms with Gasteiger partial charge in [0.05, 0.1) is 6.26 Å². The number of furan rings is 1. The van der Waals surface area contributed by atoms with E-state index in [1.807, 2.05) is 24.3 Å². The standard InChI is InChI=1S/C15H14ClNO2/c16-15(13-4-2-8-19-13)11-6-7-12-10(9-11)3-1-5-14(18)17-12/h2,4,6-9,15H,1,3,5H2,(H,17,18). The minimum atomic E-state index is -0.292. The number of hydrogen-bond acceptors (Lipinski definition) is 2. The van der Waals surface area contributed by atoms with Gasteiger partial charge >= 0.3 is 0 Å². The van der Waals surface area contributed by atoms with Crippen LogP contribution >= 0.6 is 11.6 Å². The summed E-state index contributed by atoms with van der Waals surface area (Å²) in [5.74, 6) is 0.819. The number of halogens is 1. The van der Waals surface area contributed by atoms with Crippen molar-refractivity contribution < 1.29 is 9.21 Å². The second-order valence-corrected chi connectivity index (χ2v) is 5.13. The molecule has 0 radical (unpaired) electrons. The fourth-order valence-corrected chi connectivity index (χ4v) is 2.61. The number of carbonyl (C=O) groups is 1. The second-order valence-electron chi connectivity index (χ2n) is 4.70. The molecule has 1 atom stereocenters. The first-order valence-electron chi connectivity index (χ1n) is 6.34. The van der Waals surface area contributed by atoms with E-state index in [0.717, 1.165) is 35.4 Å². The Bertz CT molecular complexity index is 592. The van der Waals surface area contributed by atoms with E-state index in [2.05, 4.69) is 11.4 Å². The lowest BCUT2D eigenvalue weighted by Gasteiger charge is -2.12. The van der Waals surface area contributed by atoms with Gasteiger partial charge in [-0.25, -0.2) is 0 Å². The Morgan fingerprint density at radius 2 is 2.16 bits per heavy atom. The Balaban J connectivity index is 1.93. The molecule has 2 heterocycles. The SMILES string of the molecule is O=C1CCCc2cc(C(Cl)c3ccco3)ccc2N1. The largest absolute Gasteiger partial charge is 0.467 e. The first-order valence-corrected chi connectivity index (χ1v) is 6.78. The summed E-state index contributed by atoms with van der Waals surface area (Å²) in [7, 11) is 0. The first kappa shape index (κ1) is 12.3. The minimum absolute atomic E-state index is 0.0833. The Labute approximate surface area is 116 Å². The van der Waals surface area contributed by atoms with Crippen LogP contribution < -0.4 is 5.32 Å². The third-order valence-corrected chi connectivity index (χ3v) is 3.81. The topological polar surface area (TPSA) is 42.2 Å². The molecule has 1 aromatic carbocycles. The summed E-state index contributed by atoms with van der Waals surface area (Å²) in [4.78, 5) is 11.5. The Hall–Kier alpha value is -1.74. The van der Waals surface area contributed by atoms with E-state index in [1.54, 1.807) is 6.26 Å². The molecule has 1 amide bonds. The van der Waals surface area contributed by atoms with Crippen LogP contribution in [0.25, 0.3) is 0 Å². The number of anilines is 1. The van der Waals surface area contributed by atoms with E-state index >= 15 is 0 Å². The van der Waals surface area contributed by atoms with Gasteiger partial charge < -0.3 is 9.73 Å². The highest BCUT2D eigenvalue weighted by Gasteiger charge is 2.17. The van der Waals surface area contributed by atoms with E-state index in [1.165, 1.54) is 0 Å². The molecule has 0 aliphatic carbocycles. The molecule has 1 aromatic heterocycles. The lowest BCUT2D eigenvalue weighted by Crippen LogP contribution is -2.09. The van der Waals surface area contributed by atoms with Gasteiger partial charge in [0.2, 0.25) is 5.91 Å². The monoisotopic (exact) mass is 275 g/mol. The van der Waals surface area contributed by atoms with Crippen molar-refractivity contribution in [3.8, 4) is 0 Å². The Morgan fingerprint density at radius 1 is 1.26 bits per heavy atom. The zero-order valence-electron chi connectivity index (χ0n) is 10.4. The molecule has 0 saturated heterocycles. The van der Waals surface area contributed by atoms with Gasteiger partial charge in [-0.1, -0.05) is 12.1 Å². The predicted octanol–water partition coefficient (Wildman–Crippen LogP) is 3.88. The summed E-state index contributed by atoms with van der Waals surface area (Å²) in [6.45, 7) is 0. The molecule has 1 N–H and O–H groups in total. The summed E-state index contributed by atoms with van der Waals surface area (Å²) in [6.07, 6.45) is 3.96. The fraction of sp³-hybridized carbons (Fsp3) is 0.267. The van der Waals surface area contributed by atoms with Crippen LogP contribution in [0.2, 0.25) is 0 Å². The van der Waals surface area contributed by atoms with E-state index in [9.17, 15) is 4.79 Å². The molecule has 98 valence electrons. The van der Waals surface area contributed by atoms with E-state index in [4.69, 9.17) is 16.0 Å². The maximum Gasteiger partial charge on any atom is 0.224 e. The van der Waals surface area contributed by atoms with Crippen LogP contribution in [0.15, 0.2) is 41.0 Å². The molecule has 1 aliphatic rings. The van der Waals surface area contributed by atoms with Crippen LogP contribution in [-0.4, -0.2) is 5.91 Å². The van der Waals surface area contributed by atoms with Gasteiger partial charge in [-0.05, 0) is 42.2 Å². The first-order chi connectivity index (χ1) is 9.24. The summed E-state index contributed by atoms with van der Waals surface area (Å²) >= 11 is 6.40. The van der Waals surface area contributed by atoms with Gasteiger partial charge in [0, 0.05) is 12.1 Å². The van der Waals surface area contributed by atoms with Gasteiger partial charge in [-0.2, -0.15) is 0 Å². The van der Waals surface area contributed by atoms with E-state index in [-0.39, 0.29) is 11.3 Å². The summed E-state index contributed by atoms with van der Waals surface area (Å²) in [6, 6.07) is 9.61. The van der Waals surface area contributed by atoms with Gasteiger partial charge in [-0.3, -0.25) is 4.79 Å². The van der Waals surface area contributed by atoms with Crippen molar-refractivity contribution in [3.63, 3.8) is 0 Å². The van der Waals surface area contributed by atoms with Gasteiger partial charge in [0.1, 0.15) is 11.1 Å². The predicted molar refractivity (Wildman–Crippen MR) is 74.4 cm³/mol. The minimum Gasteiger partial charge on any atom is -0.467 e. The maximum absolute atomic E-state index is 11.5.